The van der Waals surface area contributed by atoms with E-state index in [0.717, 1.165) is 23.3 Å². The van der Waals surface area contributed by atoms with Crippen molar-refractivity contribution in [2.45, 2.75) is 45.4 Å². The van der Waals surface area contributed by atoms with Gasteiger partial charge in [0.1, 0.15) is 22.5 Å². The lowest BCUT2D eigenvalue weighted by atomic mass is 9.96. The molecular formula is C26H28O8S. The van der Waals surface area contributed by atoms with Crippen molar-refractivity contribution in [3.8, 4) is 28.6 Å². The van der Waals surface area contributed by atoms with Crippen LogP contribution in [0.2, 0.25) is 0 Å². The van der Waals surface area contributed by atoms with Crippen LogP contribution >= 0.6 is 0 Å². The van der Waals surface area contributed by atoms with Crippen LogP contribution in [0.4, 0.5) is 0 Å². The topological polar surface area (TPSA) is 134 Å². The Bertz CT molecular complexity index is 1500. The Morgan fingerprint density at radius 2 is 1.49 bits per heavy atom. The van der Waals surface area contributed by atoms with E-state index in [4.69, 9.17) is 9.15 Å². The smallest absolute Gasteiger partial charge is 0.294 e. The molecule has 0 unspecified atom stereocenters. The lowest BCUT2D eigenvalue weighted by Crippen LogP contribution is -2.10. The van der Waals surface area contributed by atoms with Crippen molar-refractivity contribution in [1.82, 2.24) is 0 Å². The number of phenolic OH excluding ortho intramolecular Hbond substituents is 2. The zero-order valence-corrected chi connectivity index (χ0v) is 21.0. The molecule has 0 amide bonds. The molecule has 3 N–H and O–H groups in total. The zero-order chi connectivity index (χ0) is 26.1. The van der Waals surface area contributed by atoms with Gasteiger partial charge in [0.15, 0.2) is 5.76 Å². The van der Waals surface area contributed by atoms with Crippen LogP contribution in [0, 0.1) is 0 Å². The summed E-state index contributed by atoms with van der Waals surface area (Å²) in [7, 11) is -3.13. The summed E-state index contributed by atoms with van der Waals surface area (Å²) in [6, 6.07) is 5.04. The molecule has 3 rings (SSSR count). The minimum atomic E-state index is -4.41. The van der Waals surface area contributed by atoms with Crippen molar-refractivity contribution >= 4 is 21.1 Å². The molecular weight excluding hydrogens is 472 g/mol. The first-order chi connectivity index (χ1) is 16.4. The van der Waals surface area contributed by atoms with Gasteiger partial charge in [0.2, 0.25) is 11.2 Å². The second kappa shape index (κ2) is 9.97. The summed E-state index contributed by atoms with van der Waals surface area (Å²) in [4.78, 5) is 13.2. The molecule has 0 aliphatic rings. The molecule has 0 radical (unpaired) electrons. The molecule has 0 saturated heterocycles. The Labute approximate surface area is 203 Å². The third-order valence-corrected chi connectivity index (χ3v) is 6.35. The molecule has 186 valence electrons. The Kier molecular flexibility index (Phi) is 7.42. The van der Waals surface area contributed by atoms with Crippen LogP contribution in [0.3, 0.4) is 0 Å². The van der Waals surface area contributed by atoms with Crippen molar-refractivity contribution in [3.05, 3.63) is 68.9 Å². The number of hydrogen-bond donors (Lipinski definition) is 3. The maximum absolute atomic E-state index is 13.5. The number of hydrogen-bond acceptors (Lipinski definition) is 7. The van der Waals surface area contributed by atoms with Gasteiger partial charge in [0.05, 0.1) is 12.0 Å². The number of allylic oxidation sites excluding steroid dienone is 4. The van der Waals surface area contributed by atoms with E-state index in [-0.39, 0.29) is 51.5 Å². The fourth-order valence-corrected chi connectivity index (χ4v) is 4.13. The molecule has 0 atom stereocenters. The van der Waals surface area contributed by atoms with Crippen molar-refractivity contribution in [2.75, 3.05) is 7.11 Å². The molecule has 9 heteroatoms. The van der Waals surface area contributed by atoms with E-state index in [1.54, 1.807) is 0 Å². The van der Waals surface area contributed by atoms with E-state index in [0.29, 0.717) is 11.1 Å². The Hall–Kier alpha value is -3.56. The fourth-order valence-electron chi connectivity index (χ4n) is 3.65. The van der Waals surface area contributed by atoms with Crippen LogP contribution < -0.4 is 10.2 Å². The van der Waals surface area contributed by atoms with Gasteiger partial charge in [-0.15, -0.1) is 0 Å². The molecule has 2 aromatic carbocycles. The maximum Gasteiger partial charge on any atom is 0.294 e. The van der Waals surface area contributed by atoms with Gasteiger partial charge in [-0.2, -0.15) is 8.42 Å². The average molecular weight is 501 g/mol. The van der Waals surface area contributed by atoms with Crippen molar-refractivity contribution in [2.24, 2.45) is 0 Å². The van der Waals surface area contributed by atoms with Gasteiger partial charge in [-0.1, -0.05) is 23.3 Å². The van der Waals surface area contributed by atoms with E-state index in [9.17, 15) is 28.0 Å². The van der Waals surface area contributed by atoms with Crippen LogP contribution in [0.5, 0.6) is 17.2 Å². The third-order valence-electron chi connectivity index (χ3n) is 5.49. The molecule has 0 bridgehead atoms. The van der Waals surface area contributed by atoms with Crippen LogP contribution in [-0.4, -0.2) is 30.3 Å². The number of phenols is 2. The normalized spacial score (nSPS) is 11.4. The van der Waals surface area contributed by atoms with E-state index in [2.05, 4.69) is 0 Å². The minimum absolute atomic E-state index is 0.00175. The fraction of sp³-hybridized carbons (Fsp3) is 0.269. The molecule has 0 aliphatic carbocycles. The first-order valence-corrected chi connectivity index (χ1v) is 12.3. The van der Waals surface area contributed by atoms with E-state index >= 15 is 0 Å². The highest BCUT2D eigenvalue weighted by molar-refractivity contribution is 7.85. The number of aromatic hydroxyl groups is 2. The number of benzene rings is 2. The summed E-state index contributed by atoms with van der Waals surface area (Å²) in [5, 5.41) is 22.0. The van der Waals surface area contributed by atoms with Crippen molar-refractivity contribution in [3.63, 3.8) is 0 Å². The number of ether oxygens (including phenoxy) is 1. The van der Waals surface area contributed by atoms with Crippen LogP contribution in [-0.2, 0) is 23.0 Å². The van der Waals surface area contributed by atoms with Gasteiger partial charge in [-0.3, -0.25) is 9.35 Å². The first-order valence-electron chi connectivity index (χ1n) is 10.8. The van der Waals surface area contributed by atoms with E-state index in [1.165, 1.54) is 19.2 Å². The highest BCUT2D eigenvalue weighted by atomic mass is 32.2. The summed E-state index contributed by atoms with van der Waals surface area (Å²) >= 11 is 0. The van der Waals surface area contributed by atoms with Gasteiger partial charge in [0, 0.05) is 16.7 Å². The number of methoxy groups -OCH3 is 1. The monoisotopic (exact) mass is 500 g/mol. The third kappa shape index (κ3) is 5.26. The molecule has 0 saturated carbocycles. The minimum Gasteiger partial charge on any atom is -0.507 e. The van der Waals surface area contributed by atoms with Gasteiger partial charge in [0.25, 0.3) is 10.1 Å². The molecule has 0 fully saturated rings. The Morgan fingerprint density at radius 1 is 0.943 bits per heavy atom. The lowest BCUT2D eigenvalue weighted by Gasteiger charge is -2.16. The lowest BCUT2D eigenvalue weighted by molar-refractivity contribution is 0.396. The zero-order valence-electron chi connectivity index (χ0n) is 20.2. The van der Waals surface area contributed by atoms with Gasteiger partial charge in [-0.05, 0) is 64.8 Å². The van der Waals surface area contributed by atoms with Crippen LogP contribution in [0.1, 0.15) is 38.8 Å². The molecule has 35 heavy (non-hydrogen) atoms. The summed E-state index contributed by atoms with van der Waals surface area (Å²) in [6.45, 7) is 7.56. The van der Waals surface area contributed by atoms with E-state index in [1.807, 2.05) is 39.8 Å². The molecule has 1 heterocycles. The SMILES string of the molecule is COc1c(-c2ccc(S(=O)(=O)O)cc2)oc2c(CC=C(C)C)c(O)c(CC=C(C)C)c(O)c2c1=O. The molecule has 0 spiro atoms. The first kappa shape index (κ1) is 26.1. The average Bonchev–Trinajstić information content (AvgIpc) is 2.77. The second-order valence-corrected chi connectivity index (χ2v) is 10.0. The summed E-state index contributed by atoms with van der Waals surface area (Å²) in [6.07, 6.45) is 4.14. The van der Waals surface area contributed by atoms with Gasteiger partial charge in [-0.25, -0.2) is 0 Å². The quantitative estimate of drug-likeness (QED) is 0.300. The van der Waals surface area contributed by atoms with Crippen LogP contribution in [0.25, 0.3) is 22.3 Å². The highest BCUT2D eigenvalue weighted by Crippen LogP contribution is 2.42. The highest BCUT2D eigenvalue weighted by Gasteiger charge is 2.26. The van der Waals surface area contributed by atoms with E-state index < -0.39 is 21.3 Å². The van der Waals surface area contributed by atoms with Gasteiger partial charge < -0.3 is 19.4 Å². The Morgan fingerprint density at radius 3 is 1.97 bits per heavy atom. The standard InChI is InChI=1S/C26H28O8S/c1-14(2)6-12-18-21(27)19(13-7-15(3)4)25-20(22(18)28)23(29)26(33-5)24(34-25)16-8-10-17(11-9-16)35(30,31)32/h6-11,27-28H,12-13H2,1-5H3,(H,30,31,32). The predicted molar refractivity (Wildman–Crippen MR) is 134 cm³/mol. The van der Waals surface area contributed by atoms with Crippen molar-refractivity contribution in [1.29, 1.82) is 0 Å². The summed E-state index contributed by atoms with van der Waals surface area (Å²) in [5.74, 6) is -0.775. The number of fused-ring (bicyclic) bond motifs is 1. The molecule has 3 aromatic rings. The van der Waals surface area contributed by atoms with Crippen LogP contribution in [0.15, 0.2) is 61.7 Å². The molecule has 0 aliphatic heterocycles. The summed E-state index contributed by atoms with van der Waals surface area (Å²) < 4.78 is 43.5. The maximum atomic E-state index is 13.5. The second-order valence-electron chi connectivity index (χ2n) is 8.62. The molecule has 1 aromatic heterocycles. The summed E-state index contributed by atoms with van der Waals surface area (Å²) in [5.41, 5.74) is 2.14. The Balaban J connectivity index is 2.42. The van der Waals surface area contributed by atoms with Gasteiger partial charge >= 0.3 is 0 Å². The number of rotatable bonds is 7. The largest absolute Gasteiger partial charge is 0.507 e. The molecule has 8 nitrogen and oxygen atoms in total. The van der Waals surface area contributed by atoms with Crippen molar-refractivity contribution < 1.29 is 32.3 Å². The predicted octanol–water partition coefficient (Wildman–Crippen LogP) is 5.14.